The molecule has 0 N–H and O–H groups in total. The van der Waals surface area contributed by atoms with Crippen LogP contribution in [0.4, 0.5) is 5.69 Å². The SMILES string of the molecule is CC1(C)CC(=O)C(Sc2ccc([N+](=O)[O-])cc2)=C(OC(=O)c2ccccc2Cl)C1. The van der Waals surface area contributed by atoms with Gasteiger partial charge in [0.1, 0.15) is 5.76 Å². The summed E-state index contributed by atoms with van der Waals surface area (Å²) in [5.74, 6) is -0.469. The number of ether oxygens (including phenoxy) is 1. The van der Waals surface area contributed by atoms with Crippen molar-refractivity contribution in [2.75, 3.05) is 0 Å². The average Bonchev–Trinajstić information content (AvgIpc) is 2.64. The number of thioether (sulfide) groups is 1. The van der Waals surface area contributed by atoms with Crippen LogP contribution in [0.25, 0.3) is 0 Å². The third-order valence-corrected chi connectivity index (χ3v) is 5.86. The van der Waals surface area contributed by atoms with Crippen molar-refractivity contribution in [1.29, 1.82) is 0 Å². The Kier molecular flexibility index (Phi) is 6.10. The molecule has 0 atom stereocenters. The highest BCUT2D eigenvalue weighted by Gasteiger charge is 2.36. The van der Waals surface area contributed by atoms with Crippen LogP contribution in [-0.4, -0.2) is 16.7 Å². The molecule has 0 heterocycles. The summed E-state index contributed by atoms with van der Waals surface area (Å²) in [5, 5.41) is 11.1. The molecule has 0 aliphatic heterocycles. The highest BCUT2D eigenvalue weighted by Crippen LogP contribution is 2.43. The van der Waals surface area contributed by atoms with Gasteiger partial charge in [-0.15, -0.1) is 0 Å². The molecular weight excluding hydrogens is 414 g/mol. The lowest BCUT2D eigenvalue weighted by Crippen LogP contribution is -2.26. The Labute approximate surface area is 177 Å². The number of Topliss-reactive ketones (excluding diaryl/α,β-unsaturated/α-hetero) is 1. The monoisotopic (exact) mass is 431 g/mol. The number of hydrogen-bond donors (Lipinski definition) is 0. The van der Waals surface area contributed by atoms with Crippen LogP contribution in [0.1, 0.15) is 37.0 Å². The number of esters is 1. The number of nitro groups is 1. The zero-order chi connectivity index (χ0) is 21.2. The molecule has 0 radical (unpaired) electrons. The topological polar surface area (TPSA) is 86.5 Å². The molecule has 3 rings (SSSR count). The molecule has 6 nitrogen and oxygen atoms in total. The number of nitro benzene ring substituents is 1. The largest absolute Gasteiger partial charge is 0.426 e. The van der Waals surface area contributed by atoms with Crippen molar-refractivity contribution in [3.8, 4) is 0 Å². The first-order valence-corrected chi connectivity index (χ1v) is 10.0. The van der Waals surface area contributed by atoms with Crippen molar-refractivity contribution in [2.24, 2.45) is 5.41 Å². The number of non-ortho nitro benzene ring substituents is 1. The van der Waals surface area contributed by atoms with Crippen molar-refractivity contribution >= 4 is 40.8 Å². The molecule has 2 aromatic carbocycles. The van der Waals surface area contributed by atoms with Gasteiger partial charge in [0.15, 0.2) is 5.78 Å². The minimum absolute atomic E-state index is 0.0372. The summed E-state index contributed by atoms with van der Waals surface area (Å²) < 4.78 is 5.62. The van der Waals surface area contributed by atoms with Crippen LogP contribution in [0.2, 0.25) is 5.02 Å². The predicted octanol–water partition coefficient (Wildman–Crippen LogP) is 5.80. The number of ketones is 1. The molecule has 0 amide bonds. The highest BCUT2D eigenvalue weighted by atomic mass is 35.5. The van der Waals surface area contributed by atoms with Crippen LogP contribution >= 0.6 is 23.4 Å². The van der Waals surface area contributed by atoms with Crippen LogP contribution in [0.5, 0.6) is 0 Å². The number of carbonyl (C=O) groups excluding carboxylic acids is 2. The first kappa shape index (κ1) is 21.1. The first-order valence-electron chi connectivity index (χ1n) is 8.82. The summed E-state index contributed by atoms with van der Waals surface area (Å²) in [7, 11) is 0. The molecule has 0 saturated heterocycles. The second kappa shape index (κ2) is 8.39. The van der Waals surface area contributed by atoms with E-state index in [9.17, 15) is 19.7 Å². The fourth-order valence-corrected chi connectivity index (χ4v) is 4.13. The maximum atomic E-state index is 12.8. The Morgan fingerprint density at radius 1 is 1.14 bits per heavy atom. The maximum absolute atomic E-state index is 12.8. The summed E-state index contributed by atoms with van der Waals surface area (Å²) in [5.41, 5.74) is -0.172. The van der Waals surface area contributed by atoms with Crippen molar-refractivity contribution in [2.45, 2.75) is 31.6 Å². The van der Waals surface area contributed by atoms with Crippen LogP contribution < -0.4 is 0 Å². The zero-order valence-corrected chi connectivity index (χ0v) is 17.4. The molecule has 0 saturated carbocycles. The Bertz CT molecular complexity index is 1010. The Morgan fingerprint density at radius 2 is 1.79 bits per heavy atom. The number of benzene rings is 2. The van der Waals surface area contributed by atoms with Gasteiger partial charge in [0.2, 0.25) is 0 Å². The van der Waals surface area contributed by atoms with Crippen molar-refractivity contribution in [1.82, 2.24) is 0 Å². The molecule has 0 unspecified atom stereocenters. The summed E-state index contributed by atoms with van der Waals surface area (Å²) in [4.78, 5) is 36.7. The van der Waals surface area contributed by atoms with Crippen molar-refractivity contribution in [3.05, 3.63) is 79.9 Å². The summed E-state index contributed by atoms with van der Waals surface area (Å²) in [6.45, 7) is 3.86. The van der Waals surface area contributed by atoms with E-state index in [0.717, 1.165) is 11.8 Å². The molecular formula is C21H18ClNO5S. The van der Waals surface area contributed by atoms with E-state index in [1.807, 2.05) is 13.8 Å². The normalized spacial score (nSPS) is 15.9. The van der Waals surface area contributed by atoms with E-state index in [1.165, 1.54) is 12.1 Å². The number of nitrogens with zero attached hydrogens (tertiary/aromatic N) is 1. The fraction of sp³-hybridized carbons (Fsp3) is 0.238. The van der Waals surface area contributed by atoms with E-state index in [0.29, 0.717) is 28.4 Å². The highest BCUT2D eigenvalue weighted by molar-refractivity contribution is 8.04. The van der Waals surface area contributed by atoms with E-state index in [2.05, 4.69) is 0 Å². The third-order valence-electron chi connectivity index (χ3n) is 4.36. The standard InChI is InChI=1S/C21H18ClNO5S/c1-21(2)11-17(24)19(29-14-9-7-13(8-10-14)23(26)27)18(12-21)28-20(25)15-5-3-4-6-16(15)22/h3-10H,11-12H2,1-2H3. The Hall–Kier alpha value is -2.64. The molecule has 1 aliphatic carbocycles. The summed E-state index contributed by atoms with van der Waals surface area (Å²) in [6.07, 6.45) is 0.722. The van der Waals surface area contributed by atoms with Crippen molar-refractivity contribution in [3.63, 3.8) is 0 Å². The van der Waals surface area contributed by atoms with Gasteiger partial charge in [-0.25, -0.2) is 4.79 Å². The molecule has 0 aromatic heterocycles. The number of hydrogen-bond acceptors (Lipinski definition) is 6. The van der Waals surface area contributed by atoms with Gasteiger partial charge in [0.25, 0.3) is 5.69 Å². The van der Waals surface area contributed by atoms with E-state index >= 15 is 0 Å². The van der Waals surface area contributed by atoms with E-state index in [1.54, 1.807) is 36.4 Å². The second-order valence-electron chi connectivity index (χ2n) is 7.42. The molecule has 1 aliphatic rings. The van der Waals surface area contributed by atoms with Gasteiger partial charge in [0, 0.05) is 29.9 Å². The minimum atomic E-state index is -0.627. The Balaban J connectivity index is 1.93. The van der Waals surface area contributed by atoms with Gasteiger partial charge in [-0.1, -0.05) is 49.3 Å². The minimum Gasteiger partial charge on any atom is -0.426 e. The van der Waals surface area contributed by atoms with E-state index < -0.39 is 10.9 Å². The van der Waals surface area contributed by atoms with Gasteiger partial charge < -0.3 is 4.74 Å². The van der Waals surface area contributed by atoms with Crippen molar-refractivity contribution < 1.29 is 19.2 Å². The van der Waals surface area contributed by atoms with Gasteiger partial charge >= 0.3 is 5.97 Å². The molecule has 0 spiro atoms. The maximum Gasteiger partial charge on any atom is 0.344 e. The lowest BCUT2D eigenvalue weighted by molar-refractivity contribution is -0.384. The molecule has 0 fully saturated rings. The van der Waals surface area contributed by atoms with Gasteiger partial charge in [-0.2, -0.15) is 0 Å². The zero-order valence-electron chi connectivity index (χ0n) is 15.8. The molecule has 29 heavy (non-hydrogen) atoms. The third kappa shape index (κ3) is 5.05. The Morgan fingerprint density at radius 3 is 2.41 bits per heavy atom. The average molecular weight is 432 g/mol. The van der Waals surface area contributed by atoms with Gasteiger partial charge in [0.05, 0.1) is 20.4 Å². The number of halogens is 1. The number of carbonyl (C=O) groups is 2. The van der Waals surface area contributed by atoms with Crippen LogP contribution in [0.3, 0.4) is 0 Å². The molecule has 0 bridgehead atoms. The fourth-order valence-electron chi connectivity index (χ4n) is 2.99. The molecule has 8 heteroatoms. The lowest BCUT2D eigenvalue weighted by atomic mass is 9.79. The predicted molar refractivity (Wildman–Crippen MR) is 111 cm³/mol. The lowest BCUT2D eigenvalue weighted by Gasteiger charge is -2.31. The van der Waals surface area contributed by atoms with Crippen LogP contribution in [0.15, 0.2) is 64.1 Å². The molecule has 150 valence electrons. The van der Waals surface area contributed by atoms with Crippen LogP contribution in [0, 0.1) is 15.5 Å². The second-order valence-corrected chi connectivity index (χ2v) is 8.91. The molecule has 2 aromatic rings. The summed E-state index contributed by atoms with van der Waals surface area (Å²) >= 11 is 7.22. The number of rotatable bonds is 5. The smallest absolute Gasteiger partial charge is 0.344 e. The first-order chi connectivity index (χ1) is 13.7. The quantitative estimate of drug-likeness (QED) is 0.338. The summed E-state index contributed by atoms with van der Waals surface area (Å²) in [6, 6.07) is 12.4. The van der Waals surface area contributed by atoms with Gasteiger partial charge in [-0.05, 0) is 29.7 Å². The number of allylic oxidation sites excluding steroid dienone is 2. The van der Waals surface area contributed by atoms with Gasteiger partial charge in [-0.3, -0.25) is 14.9 Å². The van der Waals surface area contributed by atoms with E-state index in [4.69, 9.17) is 16.3 Å². The van der Waals surface area contributed by atoms with Crippen LogP contribution in [-0.2, 0) is 9.53 Å². The van der Waals surface area contributed by atoms with E-state index in [-0.39, 0.29) is 27.5 Å².